The number of pyridine rings is 1. The van der Waals surface area contributed by atoms with E-state index in [-0.39, 0.29) is 18.9 Å². The third-order valence-electron chi connectivity index (χ3n) is 8.09. The van der Waals surface area contributed by atoms with Crippen molar-refractivity contribution in [2.24, 2.45) is 0 Å². The van der Waals surface area contributed by atoms with Gasteiger partial charge in [0, 0.05) is 62.1 Å². The zero-order valence-electron chi connectivity index (χ0n) is 26.4. The normalized spacial score (nSPS) is 14.1. The van der Waals surface area contributed by atoms with Crippen LogP contribution in [0.4, 0.5) is 18.9 Å². The van der Waals surface area contributed by atoms with Crippen LogP contribution in [0.1, 0.15) is 27.9 Å². The first-order chi connectivity index (χ1) is 23.1. The number of nitrogens with zero attached hydrogens (tertiary/aromatic N) is 4. The van der Waals surface area contributed by atoms with Crippen LogP contribution in [0.25, 0.3) is 6.08 Å². The number of aromatic nitrogens is 1. The standard InChI is InChI=1S/C37H36BrF3N4O3/c1-43(25-29-7-13-31(38)14-8-29)36(47)33(23-27-5-3-2-4-6-27)45(26-30-9-15-32(16-10-30)44-19-21-48-22-20-44)35(46)18-12-28-11-17-34(42-24-28)37(39,40)41/h2-18,24,33H,19-23,25-26H2,1H3/b18-12+. The highest BCUT2D eigenvalue weighted by atomic mass is 79.9. The van der Waals surface area contributed by atoms with Crippen LogP contribution in [0.5, 0.6) is 0 Å². The van der Waals surface area contributed by atoms with E-state index in [1.54, 1.807) is 11.9 Å². The van der Waals surface area contributed by atoms with Crippen LogP contribution in [0, 0.1) is 0 Å². The topological polar surface area (TPSA) is 66.0 Å². The molecule has 1 fully saturated rings. The minimum Gasteiger partial charge on any atom is -0.378 e. The van der Waals surface area contributed by atoms with E-state index in [9.17, 15) is 22.8 Å². The van der Waals surface area contributed by atoms with Crippen molar-refractivity contribution in [3.8, 4) is 0 Å². The number of morpholine rings is 1. The molecule has 250 valence electrons. The average Bonchev–Trinajstić information content (AvgIpc) is 3.10. The Balaban J connectivity index is 1.46. The molecule has 3 aromatic carbocycles. The maximum absolute atomic E-state index is 14.3. The Morgan fingerprint density at radius 1 is 0.896 bits per heavy atom. The fourth-order valence-electron chi connectivity index (χ4n) is 5.47. The van der Waals surface area contributed by atoms with Gasteiger partial charge in [0.05, 0.1) is 13.2 Å². The second-order valence-corrected chi connectivity index (χ2v) is 12.5. The molecule has 11 heteroatoms. The highest BCUT2D eigenvalue weighted by Crippen LogP contribution is 2.27. The molecule has 1 aliphatic heterocycles. The van der Waals surface area contributed by atoms with Gasteiger partial charge >= 0.3 is 6.18 Å². The number of carbonyl (C=O) groups is 2. The molecule has 1 aliphatic rings. The fourth-order valence-corrected chi connectivity index (χ4v) is 5.74. The lowest BCUT2D eigenvalue weighted by molar-refractivity contribution is -0.143. The van der Waals surface area contributed by atoms with Crippen LogP contribution in [0.2, 0.25) is 0 Å². The van der Waals surface area contributed by atoms with E-state index in [2.05, 4.69) is 25.8 Å². The van der Waals surface area contributed by atoms with Crippen molar-refractivity contribution in [2.45, 2.75) is 31.7 Å². The van der Waals surface area contributed by atoms with Crippen molar-refractivity contribution >= 4 is 39.5 Å². The number of hydrogen-bond donors (Lipinski definition) is 0. The Bertz CT molecular complexity index is 1680. The number of amides is 2. The van der Waals surface area contributed by atoms with Crippen molar-refractivity contribution in [2.75, 3.05) is 38.3 Å². The Morgan fingerprint density at radius 3 is 2.17 bits per heavy atom. The molecule has 0 saturated carbocycles. The number of halogens is 4. The van der Waals surface area contributed by atoms with E-state index in [4.69, 9.17) is 4.74 Å². The van der Waals surface area contributed by atoms with Gasteiger partial charge in [-0.15, -0.1) is 0 Å². The predicted molar refractivity (Wildman–Crippen MR) is 183 cm³/mol. The first kappa shape index (κ1) is 34.8. The maximum atomic E-state index is 14.3. The Hall–Kier alpha value is -4.48. The number of rotatable bonds is 11. The van der Waals surface area contributed by atoms with Crippen molar-refractivity contribution in [1.82, 2.24) is 14.8 Å². The molecule has 7 nitrogen and oxygen atoms in total. The number of alkyl halides is 3. The summed E-state index contributed by atoms with van der Waals surface area (Å²) in [6.45, 7) is 3.34. The van der Waals surface area contributed by atoms with Gasteiger partial charge in [0.2, 0.25) is 11.8 Å². The van der Waals surface area contributed by atoms with Crippen molar-refractivity contribution < 1.29 is 27.5 Å². The molecule has 1 saturated heterocycles. The van der Waals surface area contributed by atoms with Crippen molar-refractivity contribution in [3.63, 3.8) is 0 Å². The van der Waals surface area contributed by atoms with E-state index in [1.165, 1.54) is 23.1 Å². The molecule has 48 heavy (non-hydrogen) atoms. The number of hydrogen-bond acceptors (Lipinski definition) is 5. The van der Waals surface area contributed by atoms with E-state index in [0.717, 1.165) is 52.2 Å². The summed E-state index contributed by atoms with van der Waals surface area (Å²) >= 11 is 3.44. The lowest BCUT2D eigenvalue weighted by atomic mass is 10.0. The average molecular weight is 722 g/mol. The number of anilines is 1. The number of likely N-dealkylation sites (N-methyl/N-ethyl adjacent to an activating group) is 1. The smallest absolute Gasteiger partial charge is 0.378 e. The van der Waals surface area contributed by atoms with Gasteiger partial charge < -0.3 is 19.4 Å². The van der Waals surface area contributed by atoms with E-state index in [0.29, 0.717) is 25.3 Å². The van der Waals surface area contributed by atoms with Crippen LogP contribution < -0.4 is 4.90 Å². The molecule has 5 rings (SSSR count). The van der Waals surface area contributed by atoms with E-state index >= 15 is 0 Å². The monoisotopic (exact) mass is 720 g/mol. The zero-order valence-corrected chi connectivity index (χ0v) is 28.0. The van der Waals surface area contributed by atoms with Crippen LogP contribution in [0.15, 0.2) is 108 Å². The molecule has 0 radical (unpaired) electrons. The maximum Gasteiger partial charge on any atom is 0.433 e. The quantitative estimate of drug-likeness (QED) is 0.156. The molecule has 0 bridgehead atoms. The molecule has 1 atom stereocenters. The van der Waals surface area contributed by atoms with Crippen LogP contribution >= 0.6 is 15.9 Å². The van der Waals surface area contributed by atoms with Gasteiger partial charge in [-0.1, -0.05) is 76.6 Å². The van der Waals surface area contributed by atoms with E-state index < -0.39 is 23.8 Å². The molecule has 2 heterocycles. The molecule has 0 spiro atoms. The number of ether oxygens (including phenoxy) is 1. The second-order valence-electron chi connectivity index (χ2n) is 11.6. The lowest BCUT2D eigenvalue weighted by Gasteiger charge is -2.34. The molecular weight excluding hydrogens is 685 g/mol. The molecule has 1 unspecified atom stereocenters. The highest BCUT2D eigenvalue weighted by molar-refractivity contribution is 9.10. The van der Waals surface area contributed by atoms with Gasteiger partial charge in [0.1, 0.15) is 11.7 Å². The highest BCUT2D eigenvalue weighted by Gasteiger charge is 2.33. The summed E-state index contributed by atoms with van der Waals surface area (Å²) in [7, 11) is 1.71. The van der Waals surface area contributed by atoms with Crippen molar-refractivity contribution in [3.05, 3.63) is 136 Å². The molecule has 1 aromatic heterocycles. The Labute approximate surface area is 286 Å². The minimum atomic E-state index is -4.57. The number of benzene rings is 3. The molecule has 4 aromatic rings. The minimum absolute atomic E-state index is 0.132. The van der Waals surface area contributed by atoms with Crippen LogP contribution in [0.3, 0.4) is 0 Å². The largest absolute Gasteiger partial charge is 0.433 e. The summed E-state index contributed by atoms with van der Waals surface area (Å²) in [6, 6.07) is 26.3. The molecular formula is C37H36BrF3N4O3. The summed E-state index contributed by atoms with van der Waals surface area (Å²) < 4.78 is 45.6. The zero-order chi connectivity index (χ0) is 34.1. The van der Waals surface area contributed by atoms with Gasteiger partial charge in [-0.2, -0.15) is 13.2 Å². The Kier molecular flexibility index (Phi) is 11.7. The van der Waals surface area contributed by atoms with Crippen molar-refractivity contribution in [1.29, 1.82) is 0 Å². The molecule has 0 N–H and O–H groups in total. The van der Waals surface area contributed by atoms with E-state index in [1.807, 2.05) is 78.9 Å². The first-order valence-corrected chi connectivity index (χ1v) is 16.3. The summed E-state index contributed by atoms with van der Waals surface area (Å²) in [6.07, 6.45) is -0.539. The molecule has 0 aliphatic carbocycles. The summed E-state index contributed by atoms with van der Waals surface area (Å²) in [4.78, 5) is 37.2. The van der Waals surface area contributed by atoms with Gasteiger partial charge in [0.25, 0.3) is 0 Å². The molecule has 2 amide bonds. The summed E-state index contributed by atoms with van der Waals surface area (Å²) in [5.41, 5.74) is 2.98. The Morgan fingerprint density at radius 2 is 1.54 bits per heavy atom. The predicted octanol–water partition coefficient (Wildman–Crippen LogP) is 7.01. The van der Waals surface area contributed by atoms with Crippen LogP contribution in [-0.2, 0) is 40.0 Å². The third kappa shape index (κ3) is 9.54. The van der Waals surface area contributed by atoms with Gasteiger partial charge in [0.15, 0.2) is 0 Å². The van der Waals surface area contributed by atoms with Gasteiger partial charge in [-0.05, 0) is 58.7 Å². The lowest BCUT2D eigenvalue weighted by Crippen LogP contribution is -2.50. The van der Waals surface area contributed by atoms with Gasteiger partial charge in [-0.3, -0.25) is 14.6 Å². The third-order valence-corrected chi connectivity index (χ3v) is 8.61. The SMILES string of the molecule is CN(Cc1ccc(Br)cc1)C(=O)C(Cc1ccccc1)N(Cc1ccc(N2CCOCC2)cc1)C(=O)/C=C/c1ccc(C(F)(F)F)nc1. The number of carbonyl (C=O) groups excluding carboxylic acids is 2. The second kappa shape index (κ2) is 16.1. The summed E-state index contributed by atoms with van der Waals surface area (Å²) in [5.74, 6) is -0.705. The first-order valence-electron chi connectivity index (χ1n) is 15.5. The van der Waals surface area contributed by atoms with Gasteiger partial charge in [-0.25, -0.2) is 0 Å². The fraction of sp³-hybridized carbons (Fsp3) is 0.270. The summed E-state index contributed by atoms with van der Waals surface area (Å²) in [5, 5.41) is 0. The van der Waals surface area contributed by atoms with Crippen LogP contribution in [-0.4, -0.2) is 66.0 Å².